The molecule has 14 heavy (non-hydrogen) atoms. The standard InChI is InChI=1S/C12H13ClO/c1-4-6-14-12-9(3)7-11(13)8-10(12)5-2/h4-5,7-8H,1-2,6H2,3H3. The van der Waals surface area contributed by atoms with Gasteiger partial charge in [0.25, 0.3) is 0 Å². The highest BCUT2D eigenvalue weighted by atomic mass is 35.5. The lowest BCUT2D eigenvalue weighted by atomic mass is 10.1. The fraction of sp³-hybridized carbons (Fsp3) is 0.167. The second kappa shape index (κ2) is 4.87. The number of ether oxygens (including phenoxy) is 1. The van der Waals surface area contributed by atoms with E-state index in [1.807, 2.05) is 19.1 Å². The summed E-state index contributed by atoms with van der Waals surface area (Å²) < 4.78 is 5.52. The molecule has 0 aliphatic heterocycles. The summed E-state index contributed by atoms with van der Waals surface area (Å²) in [7, 11) is 0. The summed E-state index contributed by atoms with van der Waals surface area (Å²) in [4.78, 5) is 0. The molecule has 0 atom stereocenters. The van der Waals surface area contributed by atoms with Crippen molar-refractivity contribution in [3.8, 4) is 5.75 Å². The van der Waals surface area contributed by atoms with Gasteiger partial charge in [0, 0.05) is 10.6 Å². The zero-order valence-corrected chi connectivity index (χ0v) is 8.97. The van der Waals surface area contributed by atoms with Crippen LogP contribution in [0.4, 0.5) is 0 Å². The molecule has 0 N–H and O–H groups in total. The van der Waals surface area contributed by atoms with Crippen LogP contribution in [0.3, 0.4) is 0 Å². The third kappa shape index (κ3) is 2.39. The summed E-state index contributed by atoms with van der Waals surface area (Å²) in [5.74, 6) is 0.823. The molecule has 1 rings (SSSR count). The average Bonchev–Trinajstić information content (AvgIpc) is 2.15. The lowest BCUT2D eigenvalue weighted by Gasteiger charge is -2.11. The first-order valence-corrected chi connectivity index (χ1v) is 4.73. The zero-order chi connectivity index (χ0) is 10.6. The number of aryl methyl sites for hydroxylation is 1. The van der Waals surface area contributed by atoms with Crippen LogP contribution in [0, 0.1) is 6.92 Å². The largest absolute Gasteiger partial charge is 0.489 e. The topological polar surface area (TPSA) is 9.23 Å². The smallest absolute Gasteiger partial charge is 0.129 e. The van der Waals surface area contributed by atoms with E-state index in [0.717, 1.165) is 16.9 Å². The van der Waals surface area contributed by atoms with Gasteiger partial charge < -0.3 is 4.74 Å². The Balaban J connectivity index is 3.11. The van der Waals surface area contributed by atoms with Crippen molar-refractivity contribution in [2.45, 2.75) is 6.92 Å². The zero-order valence-electron chi connectivity index (χ0n) is 8.22. The molecular formula is C12H13ClO. The highest BCUT2D eigenvalue weighted by Crippen LogP contribution is 2.28. The Morgan fingerprint density at radius 3 is 2.71 bits per heavy atom. The first-order chi connectivity index (χ1) is 6.69. The van der Waals surface area contributed by atoms with E-state index in [4.69, 9.17) is 16.3 Å². The maximum atomic E-state index is 5.91. The van der Waals surface area contributed by atoms with Crippen LogP contribution in [-0.2, 0) is 0 Å². The van der Waals surface area contributed by atoms with Crippen LogP contribution in [0.1, 0.15) is 11.1 Å². The molecule has 0 radical (unpaired) electrons. The lowest BCUT2D eigenvalue weighted by Crippen LogP contribution is -1.97. The van der Waals surface area contributed by atoms with Gasteiger partial charge in [-0.3, -0.25) is 0 Å². The van der Waals surface area contributed by atoms with Crippen LogP contribution in [0.25, 0.3) is 6.08 Å². The highest BCUT2D eigenvalue weighted by molar-refractivity contribution is 6.30. The van der Waals surface area contributed by atoms with Crippen molar-refractivity contribution in [3.63, 3.8) is 0 Å². The monoisotopic (exact) mass is 208 g/mol. The molecule has 74 valence electrons. The lowest BCUT2D eigenvalue weighted by molar-refractivity contribution is 0.360. The number of halogens is 1. The molecule has 0 saturated heterocycles. The first-order valence-electron chi connectivity index (χ1n) is 4.35. The molecule has 0 aliphatic rings. The molecule has 0 amide bonds. The third-order valence-electron chi connectivity index (χ3n) is 1.83. The van der Waals surface area contributed by atoms with Gasteiger partial charge in [-0.1, -0.05) is 36.9 Å². The van der Waals surface area contributed by atoms with Crippen molar-refractivity contribution in [1.29, 1.82) is 0 Å². The Labute approximate surface area is 89.7 Å². The number of hydrogen-bond acceptors (Lipinski definition) is 1. The maximum absolute atomic E-state index is 5.91. The molecular weight excluding hydrogens is 196 g/mol. The maximum Gasteiger partial charge on any atom is 0.129 e. The Morgan fingerprint density at radius 2 is 2.14 bits per heavy atom. The predicted octanol–water partition coefficient (Wildman–Crippen LogP) is 3.86. The van der Waals surface area contributed by atoms with Crippen LogP contribution in [-0.4, -0.2) is 6.61 Å². The molecule has 0 bridgehead atoms. The summed E-state index contributed by atoms with van der Waals surface area (Å²) in [5.41, 5.74) is 1.92. The van der Waals surface area contributed by atoms with Gasteiger partial charge in [0.05, 0.1) is 0 Å². The Hall–Kier alpha value is -1.21. The van der Waals surface area contributed by atoms with Gasteiger partial charge in [0.2, 0.25) is 0 Å². The van der Waals surface area contributed by atoms with Crippen molar-refractivity contribution >= 4 is 17.7 Å². The van der Waals surface area contributed by atoms with E-state index in [0.29, 0.717) is 11.6 Å². The number of benzene rings is 1. The second-order valence-electron chi connectivity index (χ2n) is 2.94. The number of rotatable bonds is 4. The fourth-order valence-corrected chi connectivity index (χ4v) is 1.53. The Kier molecular flexibility index (Phi) is 3.78. The third-order valence-corrected chi connectivity index (χ3v) is 2.05. The normalized spacial score (nSPS) is 9.57. The SMILES string of the molecule is C=CCOc1c(C)cc(Cl)cc1C=C. The van der Waals surface area contributed by atoms with E-state index in [2.05, 4.69) is 13.2 Å². The molecule has 0 fully saturated rings. The van der Waals surface area contributed by atoms with Gasteiger partial charge in [0.1, 0.15) is 12.4 Å². The van der Waals surface area contributed by atoms with Crippen molar-refractivity contribution in [3.05, 3.63) is 47.5 Å². The quantitative estimate of drug-likeness (QED) is 0.683. The highest BCUT2D eigenvalue weighted by Gasteiger charge is 2.05. The van der Waals surface area contributed by atoms with Crippen LogP contribution < -0.4 is 4.74 Å². The van der Waals surface area contributed by atoms with E-state index < -0.39 is 0 Å². The van der Waals surface area contributed by atoms with E-state index in [1.54, 1.807) is 12.2 Å². The van der Waals surface area contributed by atoms with Gasteiger partial charge in [-0.2, -0.15) is 0 Å². The van der Waals surface area contributed by atoms with Crippen LogP contribution in [0.5, 0.6) is 5.75 Å². The summed E-state index contributed by atoms with van der Waals surface area (Å²) >= 11 is 5.91. The van der Waals surface area contributed by atoms with Gasteiger partial charge in [0.15, 0.2) is 0 Å². The minimum Gasteiger partial charge on any atom is -0.489 e. The van der Waals surface area contributed by atoms with E-state index in [1.165, 1.54) is 0 Å². The van der Waals surface area contributed by atoms with Gasteiger partial charge >= 0.3 is 0 Å². The van der Waals surface area contributed by atoms with Crippen molar-refractivity contribution in [2.24, 2.45) is 0 Å². The fourth-order valence-electron chi connectivity index (χ4n) is 1.25. The Morgan fingerprint density at radius 1 is 1.43 bits per heavy atom. The van der Waals surface area contributed by atoms with Crippen molar-refractivity contribution in [1.82, 2.24) is 0 Å². The minimum atomic E-state index is 0.489. The van der Waals surface area contributed by atoms with Crippen LogP contribution >= 0.6 is 11.6 Å². The average molecular weight is 209 g/mol. The molecule has 0 saturated carbocycles. The number of hydrogen-bond donors (Lipinski definition) is 0. The Bertz CT molecular complexity index is 356. The molecule has 2 heteroatoms. The summed E-state index contributed by atoms with van der Waals surface area (Å²) in [6.07, 6.45) is 3.44. The second-order valence-corrected chi connectivity index (χ2v) is 3.38. The first kappa shape index (κ1) is 10.9. The molecule has 0 aromatic heterocycles. The summed E-state index contributed by atoms with van der Waals surface area (Å²) in [5, 5.41) is 0.698. The predicted molar refractivity (Wildman–Crippen MR) is 62.0 cm³/mol. The van der Waals surface area contributed by atoms with Crippen molar-refractivity contribution in [2.75, 3.05) is 6.61 Å². The molecule has 1 aromatic carbocycles. The van der Waals surface area contributed by atoms with Gasteiger partial charge in [-0.15, -0.1) is 0 Å². The van der Waals surface area contributed by atoms with Gasteiger partial charge in [-0.05, 0) is 24.6 Å². The summed E-state index contributed by atoms with van der Waals surface area (Å²) in [6, 6.07) is 3.70. The van der Waals surface area contributed by atoms with E-state index >= 15 is 0 Å². The molecule has 1 aromatic rings. The minimum absolute atomic E-state index is 0.489. The van der Waals surface area contributed by atoms with Crippen molar-refractivity contribution < 1.29 is 4.74 Å². The van der Waals surface area contributed by atoms with Gasteiger partial charge in [-0.25, -0.2) is 0 Å². The van der Waals surface area contributed by atoms with E-state index in [-0.39, 0.29) is 0 Å². The molecule has 0 spiro atoms. The van der Waals surface area contributed by atoms with E-state index in [9.17, 15) is 0 Å². The molecule has 0 aliphatic carbocycles. The molecule has 0 unspecified atom stereocenters. The molecule has 0 heterocycles. The van der Waals surface area contributed by atoms with Crippen LogP contribution in [0.2, 0.25) is 5.02 Å². The summed E-state index contributed by atoms with van der Waals surface area (Å²) in [6.45, 7) is 9.76. The molecule has 1 nitrogen and oxygen atoms in total. The van der Waals surface area contributed by atoms with Crippen LogP contribution in [0.15, 0.2) is 31.4 Å².